The van der Waals surface area contributed by atoms with Crippen LogP contribution in [0.1, 0.15) is 48.3 Å². The monoisotopic (exact) mass is 362 g/mol. The second-order valence-electron chi connectivity index (χ2n) is 6.47. The number of hydrogen-bond acceptors (Lipinski definition) is 5. The van der Waals surface area contributed by atoms with Gasteiger partial charge in [0.15, 0.2) is 5.82 Å². The van der Waals surface area contributed by atoms with Gasteiger partial charge in [-0.3, -0.25) is 4.79 Å². The van der Waals surface area contributed by atoms with E-state index in [0.29, 0.717) is 29.0 Å². The highest BCUT2D eigenvalue weighted by Gasteiger charge is 2.24. The fraction of sp³-hybridized carbons (Fsp3) is 0.529. The van der Waals surface area contributed by atoms with Crippen LogP contribution in [0.4, 0.5) is 5.69 Å². The second-order valence-corrected chi connectivity index (χ2v) is 6.88. The third kappa shape index (κ3) is 4.10. The molecule has 0 bridgehead atoms. The van der Waals surface area contributed by atoms with E-state index in [-0.39, 0.29) is 5.91 Å². The van der Waals surface area contributed by atoms with Gasteiger partial charge in [0.05, 0.1) is 17.1 Å². The molecule has 1 N–H and O–H groups in total. The summed E-state index contributed by atoms with van der Waals surface area (Å²) in [5.41, 5.74) is 1.37. The van der Waals surface area contributed by atoms with Crippen molar-refractivity contribution in [2.24, 2.45) is 7.05 Å². The van der Waals surface area contributed by atoms with Crippen molar-refractivity contribution < 1.29 is 4.79 Å². The molecule has 25 heavy (non-hydrogen) atoms. The molecule has 2 aromatic rings. The molecule has 1 saturated carbocycles. The van der Waals surface area contributed by atoms with E-state index in [4.69, 9.17) is 11.6 Å². The first kappa shape index (κ1) is 17.7. The molecule has 0 radical (unpaired) electrons. The van der Waals surface area contributed by atoms with Crippen molar-refractivity contribution in [1.82, 2.24) is 25.1 Å². The number of nitrogens with zero attached hydrogens (tertiary/aromatic N) is 5. The summed E-state index contributed by atoms with van der Waals surface area (Å²) in [6, 6.07) is 5.73. The van der Waals surface area contributed by atoms with E-state index in [9.17, 15) is 4.79 Å². The summed E-state index contributed by atoms with van der Waals surface area (Å²) >= 11 is 6.37. The number of benzene rings is 1. The second kappa shape index (κ2) is 7.82. The Hall–Kier alpha value is -2.15. The van der Waals surface area contributed by atoms with Gasteiger partial charge >= 0.3 is 0 Å². The van der Waals surface area contributed by atoms with E-state index in [2.05, 4.69) is 20.8 Å². The van der Waals surface area contributed by atoms with Gasteiger partial charge in [-0.05, 0) is 41.5 Å². The number of amides is 1. The quantitative estimate of drug-likeness (QED) is 0.885. The largest absolute Gasteiger partial charge is 0.378 e. The van der Waals surface area contributed by atoms with Gasteiger partial charge in [0.2, 0.25) is 0 Å². The summed E-state index contributed by atoms with van der Waals surface area (Å²) < 4.78 is 1.60. The molecular weight excluding hydrogens is 340 g/mol. The van der Waals surface area contributed by atoms with E-state index >= 15 is 0 Å². The van der Waals surface area contributed by atoms with E-state index in [1.807, 2.05) is 18.0 Å². The lowest BCUT2D eigenvalue weighted by atomic mass is 9.94. The van der Waals surface area contributed by atoms with Crippen molar-refractivity contribution in [2.75, 3.05) is 12.4 Å². The first-order valence-corrected chi connectivity index (χ1v) is 8.96. The Kier molecular flexibility index (Phi) is 5.53. The summed E-state index contributed by atoms with van der Waals surface area (Å²) in [7, 11) is 3.66. The molecule has 0 aliphatic heterocycles. The van der Waals surface area contributed by atoms with Crippen LogP contribution in [0.2, 0.25) is 5.02 Å². The molecule has 1 aliphatic carbocycles. The molecule has 0 saturated heterocycles. The number of carbonyl (C=O) groups is 1. The third-order valence-electron chi connectivity index (χ3n) is 4.80. The number of anilines is 1. The summed E-state index contributed by atoms with van der Waals surface area (Å²) in [5, 5.41) is 15.0. The molecule has 8 heteroatoms. The van der Waals surface area contributed by atoms with Gasteiger partial charge in [-0.1, -0.05) is 30.9 Å². The zero-order valence-corrected chi connectivity index (χ0v) is 15.3. The number of rotatable bonds is 5. The van der Waals surface area contributed by atoms with Gasteiger partial charge in [-0.15, -0.1) is 5.10 Å². The molecule has 134 valence electrons. The SMILES string of the molecule is CN(C(=O)c1ccc(NCc2nnnn2C)cc1Cl)C1CCCCC1. The Balaban J connectivity index is 1.66. The number of halogens is 1. The van der Waals surface area contributed by atoms with Crippen LogP contribution >= 0.6 is 11.6 Å². The summed E-state index contributed by atoms with van der Waals surface area (Å²) in [6.07, 6.45) is 5.79. The van der Waals surface area contributed by atoms with Crippen molar-refractivity contribution in [1.29, 1.82) is 0 Å². The predicted octanol–water partition coefficient (Wildman–Crippen LogP) is 2.88. The van der Waals surface area contributed by atoms with Crippen molar-refractivity contribution >= 4 is 23.2 Å². The van der Waals surface area contributed by atoms with Crippen molar-refractivity contribution in [3.8, 4) is 0 Å². The number of nitrogens with one attached hydrogen (secondary N) is 1. The number of hydrogen-bond donors (Lipinski definition) is 1. The molecule has 1 aliphatic rings. The van der Waals surface area contributed by atoms with Gasteiger partial charge in [0.1, 0.15) is 0 Å². The van der Waals surface area contributed by atoms with Crippen LogP contribution in [0.5, 0.6) is 0 Å². The standard InChI is InChI=1S/C17H23ClN6O/c1-23(13-6-4-3-5-7-13)17(25)14-9-8-12(10-15(14)18)19-11-16-20-21-22-24(16)2/h8-10,13,19H,3-7,11H2,1-2H3. The molecule has 7 nitrogen and oxygen atoms in total. The van der Waals surface area contributed by atoms with Gasteiger partial charge < -0.3 is 10.2 Å². The molecule has 3 rings (SSSR count). The maximum atomic E-state index is 12.8. The zero-order chi connectivity index (χ0) is 17.8. The van der Waals surface area contributed by atoms with Gasteiger partial charge in [0, 0.05) is 25.8 Å². The first-order valence-electron chi connectivity index (χ1n) is 8.58. The van der Waals surface area contributed by atoms with Gasteiger partial charge in [-0.2, -0.15) is 0 Å². The Labute approximate surface area is 152 Å². The maximum Gasteiger partial charge on any atom is 0.255 e. The number of aryl methyl sites for hydroxylation is 1. The molecule has 0 spiro atoms. The van der Waals surface area contributed by atoms with Crippen LogP contribution < -0.4 is 5.32 Å². The van der Waals surface area contributed by atoms with Crippen molar-refractivity contribution in [3.63, 3.8) is 0 Å². The molecule has 1 aromatic heterocycles. The topological polar surface area (TPSA) is 75.9 Å². The third-order valence-corrected chi connectivity index (χ3v) is 5.11. The summed E-state index contributed by atoms with van der Waals surface area (Å²) in [5.74, 6) is 0.703. The highest BCUT2D eigenvalue weighted by molar-refractivity contribution is 6.34. The minimum Gasteiger partial charge on any atom is -0.378 e. The molecule has 1 amide bonds. The van der Waals surface area contributed by atoms with E-state index in [1.165, 1.54) is 19.3 Å². The molecule has 1 aromatic carbocycles. The van der Waals surface area contributed by atoms with Crippen LogP contribution in [-0.4, -0.2) is 44.1 Å². The summed E-state index contributed by atoms with van der Waals surface area (Å²) in [4.78, 5) is 14.6. The number of aromatic nitrogens is 4. The Morgan fingerprint density at radius 1 is 1.36 bits per heavy atom. The minimum absolute atomic E-state index is 0.0130. The predicted molar refractivity (Wildman–Crippen MR) is 96.5 cm³/mol. The number of tetrazole rings is 1. The highest BCUT2D eigenvalue weighted by atomic mass is 35.5. The minimum atomic E-state index is -0.0130. The Morgan fingerprint density at radius 2 is 2.12 bits per heavy atom. The lowest BCUT2D eigenvalue weighted by Gasteiger charge is -2.31. The number of carbonyl (C=O) groups excluding carboxylic acids is 1. The van der Waals surface area contributed by atoms with Crippen LogP contribution in [0.15, 0.2) is 18.2 Å². The van der Waals surface area contributed by atoms with E-state index in [0.717, 1.165) is 18.5 Å². The lowest BCUT2D eigenvalue weighted by Crippen LogP contribution is -2.38. The van der Waals surface area contributed by atoms with Crippen LogP contribution in [0, 0.1) is 0 Å². The molecule has 0 atom stereocenters. The molecule has 1 heterocycles. The average Bonchev–Trinajstić information content (AvgIpc) is 3.04. The smallest absolute Gasteiger partial charge is 0.255 e. The fourth-order valence-electron chi connectivity index (χ4n) is 3.20. The maximum absolute atomic E-state index is 12.8. The zero-order valence-electron chi connectivity index (χ0n) is 14.6. The Bertz CT molecular complexity index is 740. The van der Waals surface area contributed by atoms with Gasteiger partial charge in [0.25, 0.3) is 5.91 Å². The molecular formula is C17H23ClN6O. The van der Waals surface area contributed by atoms with Crippen LogP contribution in [-0.2, 0) is 13.6 Å². The normalized spacial score (nSPS) is 15.2. The summed E-state index contributed by atoms with van der Waals surface area (Å²) in [6.45, 7) is 0.481. The van der Waals surface area contributed by atoms with Crippen LogP contribution in [0.25, 0.3) is 0 Å². The Morgan fingerprint density at radius 3 is 2.76 bits per heavy atom. The lowest BCUT2D eigenvalue weighted by molar-refractivity contribution is 0.0696. The molecule has 0 unspecified atom stereocenters. The first-order chi connectivity index (χ1) is 12.1. The molecule has 1 fully saturated rings. The fourth-order valence-corrected chi connectivity index (χ4v) is 3.46. The van der Waals surface area contributed by atoms with E-state index < -0.39 is 0 Å². The van der Waals surface area contributed by atoms with Crippen molar-refractivity contribution in [3.05, 3.63) is 34.6 Å². The van der Waals surface area contributed by atoms with Gasteiger partial charge in [-0.25, -0.2) is 4.68 Å². The highest BCUT2D eigenvalue weighted by Crippen LogP contribution is 2.26. The van der Waals surface area contributed by atoms with Crippen LogP contribution in [0.3, 0.4) is 0 Å². The average molecular weight is 363 g/mol. The van der Waals surface area contributed by atoms with Crippen molar-refractivity contribution in [2.45, 2.75) is 44.7 Å². The van der Waals surface area contributed by atoms with E-state index in [1.54, 1.807) is 23.9 Å².